The minimum atomic E-state index is -0.708. The second-order valence-electron chi connectivity index (χ2n) is 2.42. The zero-order chi connectivity index (χ0) is 6.43. The molecule has 0 radical (unpaired) electrons. The van der Waals surface area contributed by atoms with E-state index in [1.165, 1.54) is 5.57 Å². The molecule has 2 aliphatic rings. The van der Waals surface area contributed by atoms with Crippen LogP contribution in [-0.2, 0) is 4.79 Å². The summed E-state index contributed by atoms with van der Waals surface area (Å²) in [4.78, 5) is 10.4. The lowest BCUT2D eigenvalue weighted by atomic mass is 10.1. The van der Waals surface area contributed by atoms with Gasteiger partial charge in [0.25, 0.3) is 0 Å². The van der Waals surface area contributed by atoms with Crippen LogP contribution in [0.5, 0.6) is 0 Å². The number of aliphatic carboxylic acids is 1. The molecule has 0 aromatic heterocycles. The van der Waals surface area contributed by atoms with Crippen molar-refractivity contribution in [1.82, 2.24) is 0 Å². The number of carboxylic acids is 1. The molecular formula is C7H6O2. The van der Waals surface area contributed by atoms with Crippen molar-refractivity contribution in [2.75, 3.05) is 0 Å². The first-order chi connectivity index (χ1) is 4.29. The highest BCUT2D eigenvalue weighted by Gasteiger charge is 2.38. The molecule has 2 heteroatoms. The fourth-order valence-electron chi connectivity index (χ4n) is 1.21. The summed E-state index contributed by atoms with van der Waals surface area (Å²) < 4.78 is 0. The van der Waals surface area contributed by atoms with Crippen molar-refractivity contribution in [3.8, 4) is 0 Å². The number of allylic oxidation sites excluding steroid dienone is 3. The van der Waals surface area contributed by atoms with E-state index in [4.69, 9.17) is 5.11 Å². The van der Waals surface area contributed by atoms with Gasteiger partial charge in [-0.3, -0.25) is 4.79 Å². The fourth-order valence-corrected chi connectivity index (χ4v) is 1.21. The number of hydrogen-bond donors (Lipinski definition) is 1. The quantitative estimate of drug-likeness (QED) is 0.558. The van der Waals surface area contributed by atoms with Gasteiger partial charge in [0.15, 0.2) is 0 Å². The second kappa shape index (κ2) is 1.26. The Bertz CT molecular complexity index is 225. The monoisotopic (exact) mass is 122 g/mol. The molecule has 1 unspecified atom stereocenters. The number of hydrogen-bond acceptors (Lipinski definition) is 1. The summed E-state index contributed by atoms with van der Waals surface area (Å²) in [5.74, 6) is -0.706. The van der Waals surface area contributed by atoms with Gasteiger partial charge in [-0.25, -0.2) is 0 Å². The molecule has 46 valence electrons. The molecule has 1 N–H and O–H groups in total. The summed E-state index contributed by atoms with van der Waals surface area (Å²) in [6.45, 7) is 0. The van der Waals surface area contributed by atoms with Crippen LogP contribution in [0.1, 0.15) is 0 Å². The zero-order valence-electron chi connectivity index (χ0n) is 4.74. The molecule has 0 saturated carbocycles. The molecule has 0 aliphatic heterocycles. The Kier molecular flexibility index (Phi) is 0.673. The molecule has 9 heavy (non-hydrogen) atoms. The summed E-state index contributed by atoms with van der Waals surface area (Å²) in [6.07, 6.45) is 5.63. The molecule has 2 atom stereocenters. The van der Waals surface area contributed by atoms with E-state index in [1.54, 1.807) is 6.08 Å². The third-order valence-corrected chi connectivity index (χ3v) is 1.82. The van der Waals surface area contributed by atoms with E-state index in [-0.39, 0.29) is 11.8 Å². The number of carboxylic acid groups (broad SMARTS) is 1. The van der Waals surface area contributed by atoms with Crippen molar-refractivity contribution in [2.24, 2.45) is 11.8 Å². The van der Waals surface area contributed by atoms with Gasteiger partial charge in [0.05, 0.1) is 5.92 Å². The third-order valence-electron chi connectivity index (χ3n) is 1.82. The van der Waals surface area contributed by atoms with E-state index >= 15 is 0 Å². The van der Waals surface area contributed by atoms with Gasteiger partial charge in [-0.05, 0) is 5.57 Å². The first-order valence-corrected chi connectivity index (χ1v) is 2.92. The van der Waals surface area contributed by atoms with Gasteiger partial charge in [0.1, 0.15) is 0 Å². The predicted molar refractivity (Wildman–Crippen MR) is 31.8 cm³/mol. The molecule has 0 amide bonds. The summed E-state index contributed by atoms with van der Waals surface area (Å²) in [6, 6.07) is 0. The minimum Gasteiger partial charge on any atom is -0.481 e. The van der Waals surface area contributed by atoms with Crippen molar-refractivity contribution in [1.29, 1.82) is 0 Å². The molecule has 0 fully saturated rings. The highest BCUT2D eigenvalue weighted by molar-refractivity contribution is 5.77. The zero-order valence-corrected chi connectivity index (χ0v) is 4.74. The number of carbonyl (C=O) groups is 1. The topological polar surface area (TPSA) is 37.3 Å². The maximum absolute atomic E-state index is 10.4. The van der Waals surface area contributed by atoms with Crippen molar-refractivity contribution in [2.45, 2.75) is 0 Å². The summed E-state index contributed by atoms with van der Waals surface area (Å²) >= 11 is 0. The van der Waals surface area contributed by atoms with Gasteiger partial charge in [0.2, 0.25) is 0 Å². The van der Waals surface area contributed by atoms with Gasteiger partial charge in [-0.2, -0.15) is 0 Å². The Hall–Kier alpha value is -1.05. The smallest absolute Gasteiger partial charge is 0.311 e. The standard InChI is InChI=1S/C7H6O2/c8-7(9)5-2-1-4-3-6(4)5/h1-3,5-6H,(H,8,9)/t5?,6-/m1/s1. The molecule has 0 saturated heterocycles. The van der Waals surface area contributed by atoms with E-state index in [1.807, 2.05) is 12.2 Å². The maximum atomic E-state index is 10.4. The van der Waals surface area contributed by atoms with E-state index in [9.17, 15) is 4.79 Å². The highest BCUT2D eigenvalue weighted by atomic mass is 16.4. The summed E-state index contributed by atoms with van der Waals surface area (Å²) in [7, 11) is 0. The normalized spacial score (nSPS) is 35.8. The highest BCUT2D eigenvalue weighted by Crippen LogP contribution is 2.43. The van der Waals surface area contributed by atoms with E-state index in [2.05, 4.69) is 0 Å². The molecule has 2 aliphatic carbocycles. The van der Waals surface area contributed by atoms with E-state index < -0.39 is 5.97 Å². The van der Waals surface area contributed by atoms with Crippen LogP contribution in [0.4, 0.5) is 0 Å². The lowest BCUT2D eigenvalue weighted by molar-refractivity contribution is -0.140. The van der Waals surface area contributed by atoms with Crippen molar-refractivity contribution in [3.05, 3.63) is 23.8 Å². The largest absolute Gasteiger partial charge is 0.481 e. The number of fused-ring (bicyclic) bond motifs is 1. The Morgan fingerprint density at radius 3 is 2.67 bits per heavy atom. The van der Waals surface area contributed by atoms with Crippen LogP contribution in [0.2, 0.25) is 0 Å². The van der Waals surface area contributed by atoms with Gasteiger partial charge >= 0.3 is 5.97 Å². The van der Waals surface area contributed by atoms with Crippen LogP contribution in [0.3, 0.4) is 0 Å². The van der Waals surface area contributed by atoms with Gasteiger partial charge in [-0.1, -0.05) is 18.2 Å². The third kappa shape index (κ3) is 0.529. The van der Waals surface area contributed by atoms with Crippen molar-refractivity contribution >= 4 is 5.97 Å². The Morgan fingerprint density at radius 1 is 1.67 bits per heavy atom. The molecule has 0 aromatic rings. The van der Waals surface area contributed by atoms with Gasteiger partial charge in [-0.15, -0.1) is 0 Å². The maximum Gasteiger partial charge on any atom is 0.311 e. The molecule has 0 spiro atoms. The van der Waals surface area contributed by atoms with Crippen molar-refractivity contribution < 1.29 is 9.90 Å². The molecule has 0 bridgehead atoms. The minimum absolute atomic E-state index is 0.250. The average Bonchev–Trinajstić information content (AvgIpc) is 2.43. The Morgan fingerprint density at radius 2 is 2.44 bits per heavy atom. The summed E-state index contributed by atoms with van der Waals surface area (Å²) in [5, 5.41) is 8.53. The lowest BCUT2D eigenvalue weighted by Gasteiger charge is -1.99. The van der Waals surface area contributed by atoms with E-state index in [0.29, 0.717) is 0 Å². The van der Waals surface area contributed by atoms with Crippen LogP contribution in [0.15, 0.2) is 23.8 Å². The second-order valence-corrected chi connectivity index (χ2v) is 2.42. The Labute approximate surface area is 52.5 Å². The van der Waals surface area contributed by atoms with Crippen LogP contribution in [0.25, 0.3) is 0 Å². The first kappa shape index (κ1) is 4.79. The van der Waals surface area contributed by atoms with Gasteiger partial charge < -0.3 is 5.11 Å². The summed E-state index contributed by atoms with van der Waals surface area (Å²) in [5.41, 5.74) is 1.20. The fraction of sp³-hybridized carbons (Fsp3) is 0.286. The van der Waals surface area contributed by atoms with Crippen LogP contribution in [0, 0.1) is 11.8 Å². The Balaban J connectivity index is 2.19. The number of rotatable bonds is 1. The van der Waals surface area contributed by atoms with Crippen LogP contribution >= 0.6 is 0 Å². The molecule has 2 nitrogen and oxygen atoms in total. The SMILES string of the molecule is O=C(O)C1C=CC2=C[C@H]21. The van der Waals surface area contributed by atoms with Gasteiger partial charge in [0, 0.05) is 5.92 Å². The molecular weight excluding hydrogens is 116 g/mol. The van der Waals surface area contributed by atoms with E-state index in [0.717, 1.165) is 0 Å². The van der Waals surface area contributed by atoms with Crippen molar-refractivity contribution in [3.63, 3.8) is 0 Å². The van der Waals surface area contributed by atoms with Crippen LogP contribution in [-0.4, -0.2) is 11.1 Å². The molecule has 0 aromatic carbocycles. The lowest BCUT2D eigenvalue weighted by Crippen LogP contribution is -2.11. The predicted octanol–water partition coefficient (Wildman–Crippen LogP) is 0.813. The first-order valence-electron chi connectivity index (χ1n) is 2.92. The average molecular weight is 122 g/mol. The molecule has 2 rings (SSSR count). The van der Waals surface area contributed by atoms with Crippen LogP contribution < -0.4 is 0 Å². The molecule has 0 heterocycles.